The van der Waals surface area contributed by atoms with Crippen molar-refractivity contribution < 1.29 is 0 Å². The van der Waals surface area contributed by atoms with Crippen LogP contribution in [0.2, 0.25) is 0 Å². The van der Waals surface area contributed by atoms with Crippen LogP contribution in [-0.4, -0.2) is 19.0 Å². The lowest BCUT2D eigenvalue weighted by molar-refractivity contribution is 0.547. The standard InChI is InChI=1S/C8H17NS/c1-4-5-6-7-8(10)9(2)3/h7,10H,4-6H2,1-3H3/b8-7+. The Morgan fingerprint density at radius 3 is 2.50 bits per heavy atom. The van der Waals surface area contributed by atoms with E-state index in [4.69, 9.17) is 0 Å². The van der Waals surface area contributed by atoms with Crippen LogP contribution in [0, 0.1) is 0 Å². The van der Waals surface area contributed by atoms with Crippen LogP contribution in [0.5, 0.6) is 0 Å². The molecule has 0 aliphatic heterocycles. The second kappa shape index (κ2) is 5.66. The van der Waals surface area contributed by atoms with E-state index in [1.165, 1.54) is 12.8 Å². The van der Waals surface area contributed by atoms with Gasteiger partial charge in [0.15, 0.2) is 0 Å². The maximum absolute atomic E-state index is 4.28. The van der Waals surface area contributed by atoms with Gasteiger partial charge >= 0.3 is 0 Å². The lowest BCUT2D eigenvalue weighted by Gasteiger charge is -2.10. The second-order valence-corrected chi connectivity index (χ2v) is 3.06. The van der Waals surface area contributed by atoms with Crippen molar-refractivity contribution in [2.24, 2.45) is 0 Å². The highest BCUT2D eigenvalue weighted by Crippen LogP contribution is 2.06. The molecule has 0 fully saturated rings. The van der Waals surface area contributed by atoms with Crippen LogP contribution < -0.4 is 0 Å². The zero-order valence-corrected chi connectivity index (χ0v) is 7.99. The summed E-state index contributed by atoms with van der Waals surface area (Å²) in [7, 11) is 4.01. The third-order valence-electron chi connectivity index (χ3n) is 1.34. The van der Waals surface area contributed by atoms with Crippen LogP contribution in [0.15, 0.2) is 11.1 Å². The minimum atomic E-state index is 1.06. The molecule has 0 aromatic rings. The maximum Gasteiger partial charge on any atom is 0.0630 e. The summed E-state index contributed by atoms with van der Waals surface area (Å²) in [5.74, 6) is 0. The molecule has 0 bridgehead atoms. The quantitative estimate of drug-likeness (QED) is 0.487. The molecule has 0 aromatic heterocycles. The van der Waals surface area contributed by atoms with E-state index in [0.29, 0.717) is 0 Å². The smallest absolute Gasteiger partial charge is 0.0630 e. The Labute approximate surface area is 69.5 Å². The van der Waals surface area contributed by atoms with E-state index in [9.17, 15) is 0 Å². The largest absolute Gasteiger partial charge is 0.373 e. The predicted octanol–water partition coefficient (Wildman–Crippen LogP) is 2.51. The maximum atomic E-state index is 4.28. The molecule has 0 aliphatic rings. The molecule has 1 nitrogen and oxygen atoms in total. The summed E-state index contributed by atoms with van der Waals surface area (Å²) >= 11 is 4.28. The summed E-state index contributed by atoms with van der Waals surface area (Å²) < 4.78 is 0. The van der Waals surface area contributed by atoms with Crippen molar-refractivity contribution in [1.29, 1.82) is 0 Å². The molecule has 0 radical (unpaired) electrons. The topological polar surface area (TPSA) is 3.24 Å². The molecular formula is C8H17NS. The third kappa shape index (κ3) is 4.74. The number of nitrogens with zero attached hydrogens (tertiary/aromatic N) is 1. The van der Waals surface area contributed by atoms with Crippen molar-refractivity contribution in [2.75, 3.05) is 14.1 Å². The molecule has 60 valence electrons. The van der Waals surface area contributed by atoms with Gasteiger partial charge in [0.2, 0.25) is 0 Å². The average molecular weight is 159 g/mol. The molecule has 0 amide bonds. The average Bonchev–Trinajstić information content (AvgIpc) is 1.88. The summed E-state index contributed by atoms with van der Waals surface area (Å²) in [5, 5.41) is 1.06. The van der Waals surface area contributed by atoms with Crippen LogP contribution in [-0.2, 0) is 0 Å². The number of allylic oxidation sites excluding steroid dienone is 1. The van der Waals surface area contributed by atoms with Gasteiger partial charge in [-0.05, 0) is 12.8 Å². The van der Waals surface area contributed by atoms with Crippen molar-refractivity contribution in [1.82, 2.24) is 4.90 Å². The number of hydrogen-bond acceptors (Lipinski definition) is 2. The van der Waals surface area contributed by atoms with Crippen molar-refractivity contribution in [2.45, 2.75) is 26.2 Å². The fourth-order valence-corrected chi connectivity index (χ4v) is 0.747. The fraction of sp³-hybridized carbons (Fsp3) is 0.750. The molecule has 2 heteroatoms. The molecule has 0 saturated heterocycles. The van der Waals surface area contributed by atoms with E-state index in [2.05, 4.69) is 25.6 Å². The van der Waals surface area contributed by atoms with Crippen LogP contribution in [0.25, 0.3) is 0 Å². The molecule has 0 aromatic carbocycles. The van der Waals surface area contributed by atoms with E-state index in [0.717, 1.165) is 11.4 Å². The van der Waals surface area contributed by atoms with Gasteiger partial charge in [-0.25, -0.2) is 0 Å². The first-order valence-electron chi connectivity index (χ1n) is 3.75. The summed E-state index contributed by atoms with van der Waals surface area (Å²) in [6.07, 6.45) is 5.82. The van der Waals surface area contributed by atoms with Crippen LogP contribution >= 0.6 is 12.6 Å². The highest BCUT2D eigenvalue weighted by Gasteiger charge is 1.89. The summed E-state index contributed by atoms with van der Waals surface area (Å²) in [6.45, 7) is 2.20. The first kappa shape index (κ1) is 9.89. The lowest BCUT2D eigenvalue weighted by Crippen LogP contribution is -2.05. The van der Waals surface area contributed by atoms with Gasteiger partial charge in [-0.15, -0.1) is 12.6 Å². The van der Waals surface area contributed by atoms with Gasteiger partial charge in [0.1, 0.15) is 0 Å². The Hall–Kier alpha value is -0.110. The first-order valence-corrected chi connectivity index (χ1v) is 4.19. The molecule has 0 unspecified atom stereocenters. The minimum Gasteiger partial charge on any atom is -0.373 e. The molecule has 0 spiro atoms. The highest BCUT2D eigenvalue weighted by atomic mass is 32.1. The summed E-state index contributed by atoms with van der Waals surface area (Å²) in [5.41, 5.74) is 0. The molecule has 0 aliphatic carbocycles. The monoisotopic (exact) mass is 159 g/mol. The van der Waals surface area contributed by atoms with E-state index in [1.807, 2.05) is 19.0 Å². The normalized spacial score (nSPS) is 11.8. The SMILES string of the molecule is CCCC/C=C(/S)N(C)C. The second-order valence-electron chi connectivity index (χ2n) is 2.60. The molecule has 0 atom stereocenters. The zero-order chi connectivity index (χ0) is 7.98. The van der Waals surface area contributed by atoms with Crippen molar-refractivity contribution >= 4 is 12.6 Å². The predicted molar refractivity (Wildman–Crippen MR) is 50.3 cm³/mol. The number of thiol groups is 1. The Kier molecular flexibility index (Phi) is 5.60. The fourth-order valence-electron chi connectivity index (χ4n) is 0.618. The minimum absolute atomic E-state index is 1.06. The molecule has 0 saturated carbocycles. The molecule has 0 N–H and O–H groups in total. The first-order chi connectivity index (χ1) is 4.68. The molecule has 0 heterocycles. The van der Waals surface area contributed by atoms with Crippen molar-refractivity contribution in [3.05, 3.63) is 11.1 Å². The molecular weight excluding hydrogens is 142 g/mol. The lowest BCUT2D eigenvalue weighted by atomic mass is 10.2. The van der Waals surface area contributed by atoms with Gasteiger partial charge < -0.3 is 4.90 Å². The van der Waals surface area contributed by atoms with Crippen LogP contribution in [0.1, 0.15) is 26.2 Å². The van der Waals surface area contributed by atoms with Gasteiger partial charge in [0.05, 0.1) is 5.03 Å². The van der Waals surface area contributed by atoms with Crippen molar-refractivity contribution in [3.8, 4) is 0 Å². The van der Waals surface area contributed by atoms with Gasteiger partial charge in [0, 0.05) is 14.1 Å². The van der Waals surface area contributed by atoms with Gasteiger partial charge in [-0.2, -0.15) is 0 Å². The number of hydrogen-bond donors (Lipinski definition) is 1. The molecule has 0 rings (SSSR count). The zero-order valence-electron chi connectivity index (χ0n) is 7.09. The van der Waals surface area contributed by atoms with Gasteiger partial charge in [-0.3, -0.25) is 0 Å². The highest BCUT2D eigenvalue weighted by molar-refractivity contribution is 7.84. The van der Waals surface area contributed by atoms with E-state index in [1.54, 1.807) is 0 Å². The Morgan fingerprint density at radius 2 is 2.10 bits per heavy atom. The summed E-state index contributed by atoms with van der Waals surface area (Å²) in [6, 6.07) is 0. The molecule has 10 heavy (non-hydrogen) atoms. The third-order valence-corrected chi connectivity index (χ3v) is 1.93. The van der Waals surface area contributed by atoms with Gasteiger partial charge in [-0.1, -0.05) is 19.4 Å². The Bertz CT molecular complexity index is 108. The van der Waals surface area contributed by atoms with E-state index in [-0.39, 0.29) is 0 Å². The van der Waals surface area contributed by atoms with Gasteiger partial charge in [0.25, 0.3) is 0 Å². The van der Waals surface area contributed by atoms with E-state index >= 15 is 0 Å². The Morgan fingerprint density at radius 1 is 1.50 bits per heavy atom. The van der Waals surface area contributed by atoms with E-state index < -0.39 is 0 Å². The number of rotatable bonds is 4. The van der Waals surface area contributed by atoms with Crippen LogP contribution in [0.4, 0.5) is 0 Å². The van der Waals surface area contributed by atoms with Crippen molar-refractivity contribution in [3.63, 3.8) is 0 Å². The van der Waals surface area contributed by atoms with Crippen LogP contribution in [0.3, 0.4) is 0 Å². The Balaban J connectivity index is 3.48. The number of unbranched alkanes of at least 4 members (excludes halogenated alkanes) is 2. The summed E-state index contributed by atoms with van der Waals surface area (Å²) in [4.78, 5) is 2.01.